The Morgan fingerprint density at radius 3 is 2.58 bits per heavy atom. The van der Waals surface area contributed by atoms with Crippen LogP contribution in [0.5, 0.6) is 0 Å². The van der Waals surface area contributed by atoms with E-state index in [1.165, 1.54) is 6.07 Å². The number of nitrogens with zero attached hydrogens (tertiary/aromatic N) is 2. The summed E-state index contributed by atoms with van der Waals surface area (Å²) in [5.41, 5.74) is 1.86. The molecule has 4 rings (SSSR count). The maximum Gasteiger partial charge on any atom is 0.308 e. The third-order valence-electron chi connectivity index (χ3n) is 5.71. The Hall–Kier alpha value is -3.42. The van der Waals surface area contributed by atoms with Crippen LogP contribution in [0.1, 0.15) is 18.4 Å². The average Bonchev–Trinajstić information content (AvgIpc) is 3.22. The molecule has 3 aromatic rings. The number of aromatic nitrogens is 1. The second-order valence-corrected chi connectivity index (χ2v) is 7.80. The number of halogens is 1. The number of piperidine rings is 1. The van der Waals surface area contributed by atoms with Gasteiger partial charge in [0, 0.05) is 25.6 Å². The van der Waals surface area contributed by atoms with Crippen molar-refractivity contribution in [1.82, 2.24) is 10.3 Å². The molecule has 2 N–H and O–H groups in total. The second kappa shape index (κ2) is 9.16. The highest BCUT2D eigenvalue weighted by molar-refractivity contribution is 5.80. The van der Waals surface area contributed by atoms with E-state index in [2.05, 4.69) is 10.3 Å². The van der Waals surface area contributed by atoms with E-state index in [-0.39, 0.29) is 24.8 Å². The van der Waals surface area contributed by atoms with E-state index in [0.717, 1.165) is 11.1 Å². The predicted molar refractivity (Wildman–Crippen MR) is 113 cm³/mol. The molecule has 0 radical (unpaired) electrons. The minimum absolute atomic E-state index is 0.0262. The molecule has 31 heavy (non-hydrogen) atoms. The number of nitrogens with one attached hydrogen (secondary N) is 1. The lowest BCUT2D eigenvalue weighted by molar-refractivity contribution is -0.141. The summed E-state index contributed by atoms with van der Waals surface area (Å²) < 4.78 is 19.6. The summed E-state index contributed by atoms with van der Waals surface area (Å²) in [5.74, 6) is -2.76. The van der Waals surface area contributed by atoms with Crippen LogP contribution in [0.15, 0.2) is 52.9 Å². The van der Waals surface area contributed by atoms with Crippen LogP contribution < -0.4 is 10.2 Å². The van der Waals surface area contributed by atoms with E-state index >= 15 is 0 Å². The molecule has 2 heterocycles. The SMILES string of the molecule is O=C(O)C(CNC(=O)C1CCN(c2nc3ccccc3o2)CC1)Cc1ccccc1F. The molecule has 1 fully saturated rings. The number of amides is 1. The number of carboxylic acid groups (broad SMARTS) is 1. The highest BCUT2D eigenvalue weighted by atomic mass is 19.1. The fourth-order valence-corrected chi connectivity index (χ4v) is 3.87. The molecule has 1 unspecified atom stereocenters. The molecule has 1 aliphatic rings. The van der Waals surface area contributed by atoms with E-state index < -0.39 is 17.7 Å². The van der Waals surface area contributed by atoms with E-state index in [1.807, 2.05) is 29.2 Å². The Bertz CT molecular complexity index is 1040. The largest absolute Gasteiger partial charge is 0.481 e. The number of rotatable bonds is 7. The number of carbonyl (C=O) groups excluding carboxylic acids is 1. The molecule has 7 nitrogen and oxygen atoms in total. The van der Waals surface area contributed by atoms with Crippen molar-refractivity contribution in [2.45, 2.75) is 19.3 Å². The molecule has 0 saturated carbocycles. The Balaban J connectivity index is 1.30. The molecular formula is C23H24FN3O4. The van der Waals surface area contributed by atoms with Gasteiger partial charge in [0.1, 0.15) is 11.3 Å². The monoisotopic (exact) mass is 425 g/mol. The van der Waals surface area contributed by atoms with Gasteiger partial charge in [0.2, 0.25) is 5.91 Å². The van der Waals surface area contributed by atoms with E-state index in [1.54, 1.807) is 18.2 Å². The van der Waals surface area contributed by atoms with Gasteiger partial charge in [-0.15, -0.1) is 0 Å². The lowest BCUT2D eigenvalue weighted by atomic mass is 9.95. The third-order valence-corrected chi connectivity index (χ3v) is 5.71. The molecule has 0 bridgehead atoms. The van der Waals surface area contributed by atoms with Crippen LogP contribution in [0.2, 0.25) is 0 Å². The fraction of sp³-hybridized carbons (Fsp3) is 0.348. The maximum absolute atomic E-state index is 13.8. The third kappa shape index (κ3) is 4.84. The zero-order valence-corrected chi connectivity index (χ0v) is 17.0. The first-order valence-electron chi connectivity index (χ1n) is 10.4. The molecule has 162 valence electrons. The lowest BCUT2D eigenvalue weighted by Crippen LogP contribution is -2.43. The van der Waals surface area contributed by atoms with Crippen LogP contribution in [0.4, 0.5) is 10.4 Å². The first kappa shape index (κ1) is 20.8. The molecule has 1 amide bonds. The van der Waals surface area contributed by atoms with Gasteiger partial charge in [0.15, 0.2) is 5.58 Å². The molecule has 0 spiro atoms. The van der Waals surface area contributed by atoms with Crippen LogP contribution in [0, 0.1) is 17.7 Å². The van der Waals surface area contributed by atoms with Crippen molar-refractivity contribution in [1.29, 1.82) is 0 Å². The zero-order chi connectivity index (χ0) is 21.8. The van der Waals surface area contributed by atoms with Crippen molar-refractivity contribution in [2.24, 2.45) is 11.8 Å². The first-order valence-corrected chi connectivity index (χ1v) is 10.4. The minimum atomic E-state index is -1.06. The number of carboxylic acids is 1. The summed E-state index contributed by atoms with van der Waals surface area (Å²) in [5, 5.41) is 12.2. The average molecular weight is 425 g/mol. The number of anilines is 1. The Morgan fingerprint density at radius 2 is 1.87 bits per heavy atom. The molecule has 1 aliphatic heterocycles. The molecule has 1 saturated heterocycles. The van der Waals surface area contributed by atoms with Gasteiger partial charge >= 0.3 is 5.97 Å². The molecule has 1 atom stereocenters. The highest BCUT2D eigenvalue weighted by Crippen LogP contribution is 2.26. The number of para-hydroxylation sites is 2. The van der Waals surface area contributed by atoms with Crippen molar-refractivity contribution in [3.8, 4) is 0 Å². The van der Waals surface area contributed by atoms with Crippen LogP contribution in [0.25, 0.3) is 11.1 Å². The number of aliphatic carboxylic acids is 1. The number of hydrogen-bond acceptors (Lipinski definition) is 5. The number of oxazole rings is 1. The Labute approximate surface area is 178 Å². The fourth-order valence-electron chi connectivity index (χ4n) is 3.87. The molecular weight excluding hydrogens is 401 g/mol. The van der Waals surface area contributed by atoms with Gasteiger partial charge in [-0.05, 0) is 43.0 Å². The highest BCUT2D eigenvalue weighted by Gasteiger charge is 2.28. The first-order chi connectivity index (χ1) is 15.0. The van der Waals surface area contributed by atoms with Crippen molar-refractivity contribution in [3.05, 3.63) is 59.9 Å². The van der Waals surface area contributed by atoms with Gasteiger partial charge in [-0.2, -0.15) is 4.98 Å². The van der Waals surface area contributed by atoms with Crippen molar-refractivity contribution in [3.63, 3.8) is 0 Å². The second-order valence-electron chi connectivity index (χ2n) is 7.80. The van der Waals surface area contributed by atoms with E-state index in [4.69, 9.17) is 4.42 Å². The van der Waals surface area contributed by atoms with Gasteiger partial charge < -0.3 is 19.7 Å². The van der Waals surface area contributed by atoms with Crippen molar-refractivity contribution < 1.29 is 23.5 Å². The standard InChI is InChI=1S/C23H24FN3O4/c24-18-6-2-1-5-16(18)13-17(22(29)30)14-25-21(28)15-9-11-27(12-10-15)23-26-19-7-3-4-8-20(19)31-23/h1-8,15,17H,9-14H2,(H,25,28)(H,29,30). The van der Waals surface area contributed by atoms with Gasteiger partial charge in [0.05, 0.1) is 5.92 Å². The maximum atomic E-state index is 13.8. The van der Waals surface area contributed by atoms with E-state index in [0.29, 0.717) is 37.5 Å². The van der Waals surface area contributed by atoms with Gasteiger partial charge in [-0.3, -0.25) is 9.59 Å². The number of benzene rings is 2. The van der Waals surface area contributed by atoms with Crippen LogP contribution in [-0.2, 0) is 16.0 Å². The van der Waals surface area contributed by atoms with Crippen LogP contribution in [-0.4, -0.2) is 41.6 Å². The molecule has 8 heteroatoms. The summed E-state index contributed by atoms with van der Waals surface area (Å²) in [6.45, 7) is 1.22. The van der Waals surface area contributed by atoms with E-state index in [9.17, 15) is 19.1 Å². The predicted octanol–water partition coefficient (Wildman–Crippen LogP) is 3.24. The lowest BCUT2D eigenvalue weighted by Gasteiger charge is -2.30. The summed E-state index contributed by atoms with van der Waals surface area (Å²) in [4.78, 5) is 30.7. The normalized spacial score (nSPS) is 15.7. The molecule has 0 aliphatic carbocycles. The van der Waals surface area contributed by atoms with Crippen LogP contribution >= 0.6 is 0 Å². The summed E-state index contributed by atoms with van der Waals surface area (Å²) >= 11 is 0. The Morgan fingerprint density at radius 1 is 1.16 bits per heavy atom. The molecule has 2 aromatic carbocycles. The number of fused-ring (bicyclic) bond motifs is 1. The van der Waals surface area contributed by atoms with Crippen LogP contribution in [0.3, 0.4) is 0 Å². The quantitative estimate of drug-likeness (QED) is 0.603. The molecule has 1 aromatic heterocycles. The van der Waals surface area contributed by atoms with Gasteiger partial charge in [0.25, 0.3) is 6.01 Å². The van der Waals surface area contributed by atoms with Crippen molar-refractivity contribution >= 4 is 29.0 Å². The Kier molecular flexibility index (Phi) is 6.16. The minimum Gasteiger partial charge on any atom is -0.481 e. The van der Waals surface area contributed by atoms with Gasteiger partial charge in [-0.25, -0.2) is 4.39 Å². The van der Waals surface area contributed by atoms with Crippen molar-refractivity contribution in [2.75, 3.05) is 24.5 Å². The number of hydrogen-bond donors (Lipinski definition) is 2. The summed E-state index contributed by atoms with van der Waals surface area (Å²) in [6.07, 6.45) is 1.27. The smallest absolute Gasteiger partial charge is 0.308 e. The number of carbonyl (C=O) groups is 2. The zero-order valence-electron chi connectivity index (χ0n) is 17.0. The van der Waals surface area contributed by atoms with Gasteiger partial charge in [-0.1, -0.05) is 30.3 Å². The summed E-state index contributed by atoms with van der Waals surface area (Å²) in [6, 6.07) is 14.2. The summed E-state index contributed by atoms with van der Waals surface area (Å²) in [7, 11) is 0. The topological polar surface area (TPSA) is 95.7 Å².